The molecule has 7 heteroatoms. The summed E-state index contributed by atoms with van der Waals surface area (Å²) in [6.07, 6.45) is 3.31. The molecule has 1 aliphatic rings. The third-order valence-corrected chi connectivity index (χ3v) is 5.12. The molecular weight excluding hydrogens is 344 g/mol. The minimum absolute atomic E-state index is 0.179. The summed E-state index contributed by atoms with van der Waals surface area (Å²) >= 11 is 0. The van der Waals surface area contributed by atoms with Gasteiger partial charge in [-0.15, -0.1) is 0 Å². The summed E-state index contributed by atoms with van der Waals surface area (Å²) in [5.74, 6) is 0.411. The lowest BCUT2D eigenvalue weighted by Gasteiger charge is -2.23. The fourth-order valence-electron chi connectivity index (χ4n) is 3.75. The number of rotatable bonds is 3. The second-order valence-corrected chi connectivity index (χ2v) is 7.01. The highest BCUT2D eigenvalue weighted by molar-refractivity contribution is 5.97. The maximum atomic E-state index is 13.3. The van der Waals surface area contributed by atoms with Crippen molar-refractivity contribution >= 4 is 16.9 Å². The van der Waals surface area contributed by atoms with Gasteiger partial charge in [0, 0.05) is 31.0 Å². The van der Waals surface area contributed by atoms with Crippen molar-refractivity contribution in [1.82, 2.24) is 19.6 Å². The SMILES string of the molecule is CCn1cc(C(=O)N2CCC[C@@H]2c2cc(C)no2)c(=O)c2ccc(C)nc21. The monoisotopic (exact) mass is 366 g/mol. The predicted molar refractivity (Wildman–Crippen MR) is 101 cm³/mol. The highest BCUT2D eigenvalue weighted by Crippen LogP contribution is 2.33. The van der Waals surface area contributed by atoms with Gasteiger partial charge in [-0.05, 0) is 45.7 Å². The number of amides is 1. The van der Waals surface area contributed by atoms with Gasteiger partial charge < -0.3 is 14.0 Å². The van der Waals surface area contributed by atoms with Gasteiger partial charge in [-0.25, -0.2) is 4.98 Å². The van der Waals surface area contributed by atoms with Crippen molar-refractivity contribution in [2.24, 2.45) is 0 Å². The van der Waals surface area contributed by atoms with Crippen molar-refractivity contribution in [3.63, 3.8) is 0 Å². The minimum atomic E-state index is -0.272. The smallest absolute Gasteiger partial charge is 0.259 e. The molecule has 7 nitrogen and oxygen atoms in total. The molecule has 0 bridgehead atoms. The first-order valence-corrected chi connectivity index (χ1v) is 9.24. The molecule has 1 atom stereocenters. The number of aryl methyl sites for hydroxylation is 3. The number of carbonyl (C=O) groups excluding carboxylic acids is 1. The molecule has 140 valence electrons. The summed E-state index contributed by atoms with van der Waals surface area (Å²) in [6, 6.07) is 5.23. The Kier molecular flexibility index (Phi) is 4.30. The van der Waals surface area contributed by atoms with E-state index in [0.717, 1.165) is 24.2 Å². The topological polar surface area (TPSA) is 81.2 Å². The number of pyridine rings is 2. The highest BCUT2D eigenvalue weighted by atomic mass is 16.5. The fraction of sp³-hybridized carbons (Fsp3) is 0.400. The zero-order valence-corrected chi connectivity index (χ0v) is 15.7. The van der Waals surface area contributed by atoms with E-state index < -0.39 is 0 Å². The van der Waals surface area contributed by atoms with Crippen molar-refractivity contribution < 1.29 is 9.32 Å². The molecule has 1 fully saturated rings. The van der Waals surface area contributed by atoms with Crippen molar-refractivity contribution in [1.29, 1.82) is 0 Å². The van der Waals surface area contributed by atoms with Crippen LogP contribution < -0.4 is 5.43 Å². The maximum absolute atomic E-state index is 13.3. The minimum Gasteiger partial charge on any atom is -0.359 e. The van der Waals surface area contributed by atoms with Crippen molar-refractivity contribution in [3.05, 3.63) is 57.3 Å². The molecule has 1 saturated heterocycles. The summed E-state index contributed by atoms with van der Waals surface area (Å²) in [5.41, 5.74) is 2.14. The van der Waals surface area contributed by atoms with Crippen molar-refractivity contribution in [2.45, 2.75) is 46.2 Å². The molecule has 4 rings (SSSR count). The number of carbonyl (C=O) groups is 1. The van der Waals surface area contributed by atoms with E-state index in [1.807, 2.05) is 31.4 Å². The summed E-state index contributed by atoms with van der Waals surface area (Å²) in [5, 5.41) is 4.41. The highest BCUT2D eigenvalue weighted by Gasteiger charge is 2.34. The molecule has 27 heavy (non-hydrogen) atoms. The van der Waals surface area contributed by atoms with Gasteiger partial charge in [0.1, 0.15) is 11.2 Å². The third kappa shape index (κ3) is 2.93. The standard InChI is InChI=1S/C20H22N4O3/c1-4-23-11-15(18(25)14-8-7-12(2)21-19(14)23)20(26)24-9-5-6-16(24)17-10-13(3)22-27-17/h7-8,10-11,16H,4-6,9H2,1-3H3/t16-/m1/s1. The largest absolute Gasteiger partial charge is 0.359 e. The summed E-state index contributed by atoms with van der Waals surface area (Å²) in [7, 11) is 0. The number of hydrogen-bond acceptors (Lipinski definition) is 5. The van der Waals surface area contributed by atoms with Crippen LogP contribution in [0.25, 0.3) is 11.0 Å². The van der Waals surface area contributed by atoms with Gasteiger partial charge in [0.05, 0.1) is 17.1 Å². The second-order valence-electron chi connectivity index (χ2n) is 7.01. The number of hydrogen-bond donors (Lipinski definition) is 0. The lowest BCUT2D eigenvalue weighted by molar-refractivity contribution is 0.0712. The Bertz CT molecular complexity index is 1080. The average Bonchev–Trinajstić information content (AvgIpc) is 3.30. The van der Waals surface area contributed by atoms with E-state index in [9.17, 15) is 9.59 Å². The van der Waals surface area contributed by atoms with Gasteiger partial charge in [-0.2, -0.15) is 0 Å². The molecule has 3 aromatic heterocycles. The Labute approximate surface area is 156 Å². The van der Waals surface area contributed by atoms with E-state index in [2.05, 4.69) is 10.1 Å². The molecule has 0 spiro atoms. The molecule has 0 aliphatic carbocycles. The van der Waals surface area contributed by atoms with Gasteiger partial charge >= 0.3 is 0 Å². The van der Waals surface area contributed by atoms with E-state index in [-0.39, 0.29) is 22.9 Å². The lowest BCUT2D eigenvalue weighted by Crippen LogP contribution is -2.34. The first-order valence-electron chi connectivity index (χ1n) is 9.24. The number of fused-ring (bicyclic) bond motifs is 1. The van der Waals surface area contributed by atoms with Gasteiger partial charge in [0.25, 0.3) is 5.91 Å². The molecule has 0 aromatic carbocycles. The van der Waals surface area contributed by atoms with E-state index in [0.29, 0.717) is 29.9 Å². The van der Waals surface area contributed by atoms with Gasteiger partial charge in [0.15, 0.2) is 5.76 Å². The second kappa shape index (κ2) is 6.64. The maximum Gasteiger partial charge on any atom is 0.259 e. The number of aromatic nitrogens is 3. The van der Waals surface area contributed by atoms with Crippen LogP contribution in [-0.4, -0.2) is 32.1 Å². The average molecular weight is 366 g/mol. The first kappa shape index (κ1) is 17.5. The van der Waals surface area contributed by atoms with Crippen molar-refractivity contribution in [2.75, 3.05) is 6.54 Å². The number of likely N-dealkylation sites (tertiary alicyclic amines) is 1. The zero-order chi connectivity index (χ0) is 19.1. The predicted octanol–water partition coefficient (Wildman–Crippen LogP) is 3.00. The van der Waals surface area contributed by atoms with Crippen LogP contribution in [0.2, 0.25) is 0 Å². The van der Waals surface area contributed by atoms with E-state index in [4.69, 9.17) is 4.52 Å². The van der Waals surface area contributed by atoms with E-state index >= 15 is 0 Å². The van der Waals surface area contributed by atoms with Gasteiger partial charge in [-0.1, -0.05) is 5.16 Å². The van der Waals surface area contributed by atoms with Crippen LogP contribution in [0.3, 0.4) is 0 Å². The first-order chi connectivity index (χ1) is 13.0. The van der Waals surface area contributed by atoms with Gasteiger partial charge in [-0.3, -0.25) is 9.59 Å². The molecule has 0 radical (unpaired) electrons. The summed E-state index contributed by atoms with van der Waals surface area (Å²) < 4.78 is 7.25. The van der Waals surface area contributed by atoms with E-state index in [1.165, 1.54) is 0 Å². The Balaban J connectivity index is 1.79. The van der Waals surface area contributed by atoms with Crippen LogP contribution in [0.5, 0.6) is 0 Å². The van der Waals surface area contributed by atoms with Crippen LogP contribution in [0.4, 0.5) is 0 Å². The Morgan fingerprint density at radius 2 is 2.11 bits per heavy atom. The van der Waals surface area contributed by atoms with Crippen LogP contribution in [0.1, 0.15) is 53.3 Å². The normalized spacial score (nSPS) is 17.0. The van der Waals surface area contributed by atoms with E-state index in [1.54, 1.807) is 23.2 Å². The van der Waals surface area contributed by atoms with Crippen molar-refractivity contribution in [3.8, 4) is 0 Å². The molecule has 3 aromatic rings. The van der Waals surface area contributed by atoms with Crippen LogP contribution in [0.15, 0.2) is 33.7 Å². The van der Waals surface area contributed by atoms with Crippen LogP contribution in [-0.2, 0) is 6.54 Å². The molecule has 0 unspecified atom stereocenters. The molecule has 4 heterocycles. The van der Waals surface area contributed by atoms with Crippen LogP contribution >= 0.6 is 0 Å². The third-order valence-electron chi connectivity index (χ3n) is 5.12. The zero-order valence-electron chi connectivity index (χ0n) is 15.7. The lowest BCUT2D eigenvalue weighted by atomic mass is 10.1. The van der Waals surface area contributed by atoms with Crippen LogP contribution in [0, 0.1) is 13.8 Å². The molecule has 1 amide bonds. The quantitative estimate of drug-likeness (QED) is 0.712. The Morgan fingerprint density at radius 1 is 1.30 bits per heavy atom. The Morgan fingerprint density at radius 3 is 2.81 bits per heavy atom. The van der Waals surface area contributed by atoms with Gasteiger partial charge in [0.2, 0.25) is 5.43 Å². The molecule has 0 saturated carbocycles. The molecule has 1 aliphatic heterocycles. The summed E-state index contributed by atoms with van der Waals surface area (Å²) in [4.78, 5) is 32.5. The number of nitrogens with zero attached hydrogens (tertiary/aromatic N) is 4. The molecular formula is C20H22N4O3. The Hall–Kier alpha value is -2.96. The molecule has 0 N–H and O–H groups in total. The fourth-order valence-corrected chi connectivity index (χ4v) is 3.75. The summed E-state index contributed by atoms with van der Waals surface area (Å²) in [6.45, 7) is 6.93.